The molecule has 0 aromatic heterocycles. The summed E-state index contributed by atoms with van der Waals surface area (Å²) < 4.78 is 38.9. The fraction of sp³-hybridized carbons (Fsp3) is 0.467. The van der Waals surface area contributed by atoms with Gasteiger partial charge in [0.15, 0.2) is 11.5 Å². The Morgan fingerprint density at radius 1 is 1.29 bits per heavy atom. The van der Waals surface area contributed by atoms with Crippen LogP contribution in [-0.4, -0.2) is 40.5 Å². The average molecular weight is 301 g/mol. The van der Waals surface area contributed by atoms with E-state index in [1.54, 1.807) is 19.2 Å². The van der Waals surface area contributed by atoms with Crippen LogP contribution in [0.1, 0.15) is 12.5 Å². The fourth-order valence-corrected chi connectivity index (χ4v) is 1.76. The van der Waals surface area contributed by atoms with Crippen molar-refractivity contribution in [3.05, 3.63) is 29.3 Å². The van der Waals surface area contributed by atoms with E-state index < -0.39 is 6.61 Å². The van der Waals surface area contributed by atoms with Crippen LogP contribution < -0.4 is 14.8 Å². The molecule has 1 aromatic rings. The van der Waals surface area contributed by atoms with Crippen molar-refractivity contribution >= 4 is 6.08 Å². The summed E-state index contributed by atoms with van der Waals surface area (Å²) >= 11 is 0. The smallest absolute Gasteiger partial charge is 0.387 e. The molecule has 0 aliphatic rings. The fourth-order valence-electron chi connectivity index (χ4n) is 1.76. The predicted octanol–water partition coefficient (Wildman–Crippen LogP) is 2.94. The zero-order valence-electron chi connectivity index (χ0n) is 12.5. The van der Waals surface area contributed by atoms with Crippen molar-refractivity contribution in [2.45, 2.75) is 13.5 Å². The molecule has 0 heterocycles. The predicted molar refractivity (Wildman–Crippen MR) is 78.0 cm³/mol. The Kier molecular flexibility index (Phi) is 7.71. The van der Waals surface area contributed by atoms with E-state index in [-0.39, 0.29) is 11.5 Å². The lowest BCUT2D eigenvalue weighted by Crippen LogP contribution is -2.20. The van der Waals surface area contributed by atoms with E-state index in [1.165, 1.54) is 13.2 Å². The first-order valence-electron chi connectivity index (χ1n) is 6.56. The summed E-state index contributed by atoms with van der Waals surface area (Å²) in [6, 6.07) is 4.84. The van der Waals surface area contributed by atoms with Gasteiger partial charge in [0.25, 0.3) is 0 Å². The molecule has 0 aliphatic heterocycles. The van der Waals surface area contributed by atoms with Gasteiger partial charge >= 0.3 is 6.61 Å². The Bertz CT molecular complexity index is 464. The molecular weight excluding hydrogens is 280 g/mol. The molecule has 118 valence electrons. The Balaban J connectivity index is 2.70. The molecule has 4 nitrogen and oxygen atoms in total. The molecule has 0 radical (unpaired) electrons. The van der Waals surface area contributed by atoms with Gasteiger partial charge in [-0.2, -0.15) is 8.78 Å². The molecular formula is C15H21F2NO3. The van der Waals surface area contributed by atoms with Gasteiger partial charge in [0.2, 0.25) is 0 Å². The second-order valence-electron chi connectivity index (χ2n) is 4.45. The number of alkyl halides is 2. The van der Waals surface area contributed by atoms with Gasteiger partial charge in [0.05, 0.1) is 13.7 Å². The summed E-state index contributed by atoms with van der Waals surface area (Å²) in [6.45, 7) is 1.26. The van der Waals surface area contributed by atoms with Crippen LogP contribution in [0, 0.1) is 0 Å². The van der Waals surface area contributed by atoms with Crippen molar-refractivity contribution in [2.24, 2.45) is 0 Å². The highest BCUT2D eigenvalue weighted by Gasteiger charge is 2.10. The topological polar surface area (TPSA) is 39.7 Å². The number of halogens is 2. The highest BCUT2D eigenvalue weighted by atomic mass is 19.3. The van der Waals surface area contributed by atoms with Crippen LogP contribution in [-0.2, 0) is 4.74 Å². The van der Waals surface area contributed by atoms with Gasteiger partial charge in [0, 0.05) is 20.2 Å². The average Bonchev–Trinajstić information content (AvgIpc) is 2.44. The summed E-state index contributed by atoms with van der Waals surface area (Å²) in [4.78, 5) is 0. The standard InChI is InChI=1S/C15H21F2NO3/c1-11(10-18-6-7-19-2)8-12-4-5-13(21-15(16)17)14(9-12)20-3/h4-5,8-9,15,18H,6-7,10H2,1-3H3. The van der Waals surface area contributed by atoms with E-state index in [0.29, 0.717) is 6.61 Å². The minimum absolute atomic E-state index is 0.0283. The van der Waals surface area contributed by atoms with Gasteiger partial charge in [-0.25, -0.2) is 0 Å². The zero-order chi connectivity index (χ0) is 15.7. The zero-order valence-corrected chi connectivity index (χ0v) is 12.5. The number of nitrogens with one attached hydrogen (secondary N) is 1. The quantitative estimate of drug-likeness (QED) is 0.712. The maximum atomic E-state index is 12.2. The first-order valence-corrected chi connectivity index (χ1v) is 6.56. The van der Waals surface area contributed by atoms with Crippen LogP contribution in [0.4, 0.5) is 8.78 Å². The number of ether oxygens (including phenoxy) is 3. The van der Waals surface area contributed by atoms with E-state index in [0.717, 1.165) is 24.2 Å². The summed E-state index contributed by atoms with van der Waals surface area (Å²) in [5.41, 5.74) is 1.97. The lowest BCUT2D eigenvalue weighted by Gasteiger charge is -2.10. The first-order chi connectivity index (χ1) is 10.1. The molecule has 0 saturated heterocycles. The van der Waals surface area contributed by atoms with Gasteiger partial charge in [-0.3, -0.25) is 0 Å². The first kappa shape index (κ1) is 17.4. The van der Waals surface area contributed by atoms with E-state index in [2.05, 4.69) is 10.1 Å². The van der Waals surface area contributed by atoms with E-state index in [1.807, 2.05) is 13.0 Å². The summed E-state index contributed by atoms with van der Waals surface area (Å²) in [6.07, 6.45) is 1.95. The lowest BCUT2D eigenvalue weighted by atomic mass is 10.1. The molecule has 0 saturated carbocycles. The molecule has 0 spiro atoms. The van der Waals surface area contributed by atoms with E-state index >= 15 is 0 Å². The van der Waals surface area contributed by atoms with Gasteiger partial charge in [-0.1, -0.05) is 17.7 Å². The normalized spacial score (nSPS) is 11.8. The number of methoxy groups -OCH3 is 2. The van der Waals surface area contributed by atoms with Crippen LogP contribution in [0.5, 0.6) is 11.5 Å². The summed E-state index contributed by atoms with van der Waals surface area (Å²) in [7, 11) is 3.07. The van der Waals surface area contributed by atoms with Crippen LogP contribution in [0.15, 0.2) is 23.8 Å². The third kappa shape index (κ3) is 6.55. The second kappa shape index (κ2) is 9.31. The van der Waals surface area contributed by atoms with Gasteiger partial charge < -0.3 is 19.5 Å². The molecule has 1 rings (SSSR count). The molecule has 0 bridgehead atoms. The third-order valence-corrected chi connectivity index (χ3v) is 2.70. The largest absolute Gasteiger partial charge is 0.493 e. The van der Waals surface area contributed by atoms with Crippen molar-refractivity contribution in [1.29, 1.82) is 0 Å². The minimum Gasteiger partial charge on any atom is -0.493 e. The Morgan fingerprint density at radius 2 is 2.05 bits per heavy atom. The van der Waals surface area contributed by atoms with E-state index in [4.69, 9.17) is 9.47 Å². The summed E-state index contributed by atoms with van der Waals surface area (Å²) in [5, 5.41) is 3.22. The number of hydrogen-bond donors (Lipinski definition) is 1. The molecule has 1 aromatic carbocycles. The van der Waals surface area contributed by atoms with Crippen molar-refractivity contribution in [1.82, 2.24) is 5.32 Å². The van der Waals surface area contributed by atoms with Crippen molar-refractivity contribution in [3.8, 4) is 11.5 Å². The Hall–Kier alpha value is -1.66. The number of benzene rings is 1. The number of hydrogen-bond acceptors (Lipinski definition) is 4. The molecule has 0 aliphatic carbocycles. The Morgan fingerprint density at radius 3 is 2.67 bits per heavy atom. The highest BCUT2D eigenvalue weighted by Crippen LogP contribution is 2.30. The van der Waals surface area contributed by atoms with Crippen molar-refractivity contribution in [2.75, 3.05) is 33.9 Å². The van der Waals surface area contributed by atoms with Crippen molar-refractivity contribution < 1.29 is 23.0 Å². The van der Waals surface area contributed by atoms with Crippen molar-refractivity contribution in [3.63, 3.8) is 0 Å². The molecule has 21 heavy (non-hydrogen) atoms. The maximum Gasteiger partial charge on any atom is 0.387 e. The molecule has 0 fully saturated rings. The minimum atomic E-state index is -2.87. The second-order valence-corrected chi connectivity index (χ2v) is 4.45. The molecule has 0 amide bonds. The van der Waals surface area contributed by atoms with Gasteiger partial charge in [-0.15, -0.1) is 0 Å². The van der Waals surface area contributed by atoms with Crippen LogP contribution in [0.25, 0.3) is 6.08 Å². The number of rotatable bonds is 9. The SMILES string of the molecule is COCCNCC(C)=Cc1ccc(OC(F)F)c(OC)c1. The third-order valence-electron chi connectivity index (χ3n) is 2.70. The molecule has 1 N–H and O–H groups in total. The lowest BCUT2D eigenvalue weighted by molar-refractivity contribution is -0.0512. The maximum absolute atomic E-state index is 12.2. The molecule has 0 unspecified atom stereocenters. The van der Waals surface area contributed by atoms with E-state index in [9.17, 15) is 8.78 Å². The monoisotopic (exact) mass is 301 g/mol. The summed E-state index contributed by atoms with van der Waals surface area (Å²) in [5.74, 6) is 0.310. The molecule has 0 atom stereocenters. The van der Waals surface area contributed by atoms with Crippen LogP contribution >= 0.6 is 0 Å². The van der Waals surface area contributed by atoms with Gasteiger partial charge in [0.1, 0.15) is 0 Å². The Labute approximate surface area is 123 Å². The molecule has 6 heteroatoms. The van der Waals surface area contributed by atoms with Crippen LogP contribution in [0.3, 0.4) is 0 Å². The van der Waals surface area contributed by atoms with Crippen LogP contribution in [0.2, 0.25) is 0 Å². The highest BCUT2D eigenvalue weighted by molar-refractivity contribution is 5.58. The van der Waals surface area contributed by atoms with Gasteiger partial charge in [-0.05, 0) is 24.6 Å².